The van der Waals surface area contributed by atoms with Crippen LogP contribution in [0, 0.1) is 5.82 Å². The summed E-state index contributed by atoms with van der Waals surface area (Å²) in [6.45, 7) is 4.36. The van der Waals surface area contributed by atoms with Gasteiger partial charge < -0.3 is 0 Å². The van der Waals surface area contributed by atoms with Crippen LogP contribution < -0.4 is 0 Å². The Labute approximate surface area is 96.4 Å². The van der Waals surface area contributed by atoms with Crippen molar-refractivity contribution in [2.75, 3.05) is 5.75 Å². The molecule has 1 aromatic carbocycles. The number of thioether (sulfide) groups is 1. The number of rotatable bonds is 0. The molecule has 0 aliphatic carbocycles. The summed E-state index contributed by atoms with van der Waals surface area (Å²) in [5.74, 6) is 0.922. The second kappa shape index (κ2) is 3.53. The van der Waals surface area contributed by atoms with E-state index in [2.05, 4.69) is 29.8 Å². The number of benzene rings is 1. The fourth-order valence-electron chi connectivity index (χ4n) is 1.75. The zero-order chi connectivity index (χ0) is 10.3. The van der Waals surface area contributed by atoms with Crippen LogP contribution in [0.15, 0.2) is 21.5 Å². The maximum absolute atomic E-state index is 13.6. The van der Waals surface area contributed by atoms with Crippen LogP contribution >= 0.6 is 27.7 Å². The van der Waals surface area contributed by atoms with Gasteiger partial charge in [-0.15, -0.1) is 11.8 Å². The number of halogens is 2. The normalized spacial score (nSPS) is 19.1. The van der Waals surface area contributed by atoms with Gasteiger partial charge in [0.2, 0.25) is 0 Å². The van der Waals surface area contributed by atoms with E-state index in [4.69, 9.17) is 0 Å². The molecule has 0 bridgehead atoms. The molecule has 0 spiro atoms. The lowest BCUT2D eigenvalue weighted by Gasteiger charge is -2.32. The number of fused-ring (bicyclic) bond motifs is 1. The van der Waals surface area contributed by atoms with Crippen LogP contribution in [-0.2, 0) is 5.41 Å². The Bertz CT molecular complexity index is 374. The van der Waals surface area contributed by atoms with Gasteiger partial charge in [0.05, 0.1) is 0 Å². The van der Waals surface area contributed by atoms with Gasteiger partial charge in [0, 0.05) is 9.37 Å². The highest BCUT2D eigenvalue weighted by atomic mass is 79.9. The molecule has 0 unspecified atom stereocenters. The Morgan fingerprint density at radius 1 is 1.43 bits per heavy atom. The topological polar surface area (TPSA) is 0 Å². The lowest BCUT2D eigenvalue weighted by molar-refractivity contribution is 0.478. The third-order valence-corrected chi connectivity index (χ3v) is 4.28. The monoisotopic (exact) mass is 274 g/mol. The first-order valence-electron chi connectivity index (χ1n) is 4.63. The molecule has 0 N–H and O–H groups in total. The largest absolute Gasteiger partial charge is 0.206 e. The Morgan fingerprint density at radius 2 is 2.14 bits per heavy atom. The molecular formula is C11H12BrFS. The Kier molecular flexibility index (Phi) is 2.64. The average Bonchev–Trinajstić information content (AvgIpc) is 2.06. The first-order chi connectivity index (χ1) is 6.50. The highest BCUT2D eigenvalue weighted by molar-refractivity contribution is 9.10. The predicted molar refractivity (Wildman–Crippen MR) is 62.5 cm³/mol. The first kappa shape index (κ1) is 10.5. The van der Waals surface area contributed by atoms with Crippen molar-refractivity contribution >= 4 is 27.7 Å². The van der Waals surface area contributed by atoms with Crippen molar-refractivity contribution in [2.45, 2.75) is 30.6 Å². The van der Waals surface area contributed by atoms with Crippen LogP contribution in [0.4, 0.5) is 4.39 Å². The standard InChI is InChI=1S/C11H12BrFS/c1-11(2)3-4-14-10-8(11)5-7(12)6-9(10)13/h5-6H,3-4H2,1-2H3. The van der Waals surface area contributed by atoms with Crippen molar-refractivity contribution < 1.29 is 4.39 Å². The van der Waals surface area contributed by atoms with Crippen LogP contribution in [0.2, 0.25) is 0 Å². The van der Waals surface area contributed by atoms with E-state index in [-0.39, 0.29) is 11.2 Å². The molecule has 0 fully saturated rings. The highest BCUT2D eigenvalue weighted by Gasteiger charge is 2.29. The maximum Gasteiger partial charge on any atom is 0.138 e. The van der Waals surface area contributed by atoms with Crippen molar-refractivity contribution in [1.82, 2.24) is 0 Å². The molecule has 76 valence electrons. The summed E-state index contributed by atoms with van der Waals surface area (Å²) < 4.78 is 14.5. The predicted octanol–water partition coefficient (Wildman–Crippen LogP) is 4.36. The minimum absolute atomic E-state index is 0.0906. The quantitative estimate of drug-likeness (QED) is 0.677. The van der Waals surface area contributed by atoms with E-state index in [9.17, 15) is 4.39 Å². The van der Waals surface area contributed by atoms with Gasteiger partial charge in [0.1, 0.15) is 5.82 Å². The van der Waals surface area contributed by atoms with Gasteiger partial charge in [0.15, 0.2) is 0 Å². The molecule has 3 heteroatoms. The van der Waals surface area contributed by atoms with E-state index in [0.29, 0.717) is 0 Å². The summed E-state index contributed by atoms with van der Waals surface area (Å²) in [6, 6.07) is 3.60. The maximum atomic E-state index is 13.6. The van der Waals surface area contributed by atoms with Crippen molar-refractivity contribution in [2.24, 2.45) is 0 Å². The summed E-state index contributed by atoms with van der Waals surface area (Å²) in [6.07, 6.45) is 1.11. The van der Waals surface area contributed by atoms with Gasteiger partial charge in [0.25, 0.3) is 0 Å². The van der Waals surface area contributed by atoms with Crippen LogP contribution in [0.5, 0.6) is 0 Å². The smallest absolute Gasteiger partial charge is 0.138 e. The number of hydrogen-bond donors (Lipinski definition) is 0. The second-order valence-corrected chi connectivity index (χ2v) is 6.27. The van der Waals surface area contributed by atoms with E-state index in [1.807, 2.05) is 6.07 Å². The van der Waals surface area contributed by atoms with Crippen molar-refractivity contribution in [3.05, 3.63) is 28.0 Å². The van der Waals surface area contributed by atoms with Crippen LogP contribution in [-0.4, -0.2) is 5.75 Å². The van der Waals surface area contributed by atoms with Gasteiger partial charge in [-0.05, 0) is 35.3 Å². The molecule has 0 nitrogen and oxygen atoms in total. The highest BCUT2D eigenvalue weighted by Crippen LogP contribution is 2.43. The van der Waals surface area contributed by atoms with Crippen molar-refractivity contribution in [3.63, 3.8) is 0 Å². The second-order valence-electron chi connectivity index (χ2n) is 4.25. The van der Waals surface area contributed by atoms with E-state index < -0.39 is 0 Å². The lowest BCUT2D eigenvalue weighted by atomic mass is 9.82. The summed E-state index contributed by atoms with van der Waals surface area (Å²) in [5.41, 5.74) is 1.24. The van der Waals surface area contributed by atoms with Gasteiger partial charge in [-0.3, -0.25) is 0 Å². The summed E-state index contributed by atoms with van der Waals surface area (Å²) >= 11 is 4.97. The molecule has 2 rings (SSSR count). The summed E-state index contributed by atoms with van der Waals surface area (Å²) in [5, 5.41) is 0. The molecule has 1 aromatic rings. The van der Waals surface area contributed by atoms with E-state index in [1.165, 1.54) is 0 Å². The van der Waals surface area contributed by atoms with E-state index >= 15 is 0 Å². The minimum Gasteiger partial charge on any atom is -0.206 e. The van der Waals surface area contributed by atoms with Crippen LogP contribution in [0.25, 0.3) is 0 Å². The van der Waals surface area contributed by atoms with E-state index in [1.54, 1.807) is 17.8 Å². The molecule has 0 aromatic heterocycles. The van der Waals surface area contributed by atoms with Gasteiger partial charge >= 0.3 is 0 Å². The van der Waals surface area contributed by atoms with Crippen molar-refractivity contribution in [1.29, 1.82) is 0 Å². The minimum atomic E-state index is -0.0906. The van der Waals surface area contributed by atoms with Gasteiger partial charge in [-0.2, -0.15) is 0 Å². The lowest BCUT2D eigenvalue weighted by Crippen LogP contribution is -2.23. The van der Waals surface area contributed by atoms with Crippen LogP contribution in [0.1, 0.15) is 25.8 Å². The third kappa shape index (κ3) is 1.72. The van der Waals surface area contributed by atoms with E-state index in [0.717, 1.165) is 27.1 Å². The zero-order valence-corrected chi connectivity index (χ0v) is 10.6. The van der Waals surface area contributed by atoms with Crippen LogP contribution in [0.3, 0.4) is 0 Å². The molecule has 0 saturated heterocycles. The van der Waals surface area contributed by atoms with Gasteiger partial charge in [-0.1, -0.05) is 29.8 Å². The molecule has 0 radical (unpaired) electrons. The molecule has 0 atom stereocenters. The molecule has 14 heavy (non-hydrogen) atoms. The molecule has 1 aliphatic rings. The fraction of sp³-hybridized carbons (Fsp3) is 0.455. The zero-order valence-electron chi connectivity index (χ0n) is 8.23. The van der Waals surface area contributed by atoms with Gasteiger partial charge in [-0.25, -0.2) is 4.39 Å². The Morgan fingerprint density at radius 3 is 2.86 bits per heavy atom. The summed E-state index contributed by atoms with van der Waals surface area (Å²) in [4.78, 5) is 0.837. The summed E-state index contributed by atoms with van der Waals surface area (Å²) in [7, 11) is 0. The number of hydrogen-bond acceptors (Lipinski definition) is 1. The average molecular weight is 275 g/mol. The Balaban J connectivity index is 2.63. The molecule has 1 heterocycles. The first-order valence-corrected chi connectivity index (χ1v) is 6.41. The molecule has 1 aliphatic heterocycles. The van der Waals surface area contributed by atoms with Crippen molar-refractivity contribution in [3.8, 4) is 0 Å². The Hall–Kier alpha value is -0.0200. The third-order valence-electron chi connectivity index (χ3n) is 2.71. The molecular weight excluding hydrogens is 263 g/mol. The molecule has 0 saturated carbocycles. The fourth-order valence-corrected chi connectivity index (χ4v) is 3.69. The molecule has 0 amide bonds. The SMILES string of the molecule is CC1(C)CCSc2c(F)cc(Br)cc21.